The number of amides is 3. The fraction of sp³-hybridized carbons (Fsp3) is 0.364. The Kier molecular flexibility index (Phi) is 5.85. The number of nitrogens with one attached hydrogen (secondary N) is 2. The average molecular weight is 422 g/mol. The van der Waals surface area contributed by atoms with E-state index in [1.54, 1.807) is 18.3 Å². The highest BCUT2D eigenvalue weighted by atomic mass is 16.2. The van der Waals surface area contributed by atoms with Crippen LogP contribution in [-0.2, 0) is 9.59 Å². The van der Waals surface area contributed by atoms with Crippen LogP contribution < -0.4 is 21.3 Å². The molecule has 0 bridgehead atoms. The Hall–Kier alpha value is -3.46. The molecular formula is C22H26N6O3. The molecule has 1 aromatic carbocycles. The molecule has 4 rings (SSSR count). The van der Waals surface area contributed by atoms with Crippen LogP contribution in [0.2, 0.25) is 0 Å². The zero-order chi connectivity index (χ0) is 22.0. The minimum Gasteiger partial charge on any atom is -0.369 e. The van der Waals surface area contributed by atoms with Gasteiger partial charge in [-0.1, -0.05) is 12.1 Å². The van der Waals surface area contributed by atoms with Gasteiger partial charge in [-0.2, -0.15) is 0 Å². The monoisotopic (exact) mass is 422 g/mol. The van der Waals surface area contributed by atoms with Gasteiger partial charge in [0.1, 0.15) is 12.0 Å². The summed E-state index contributed by atoms with van der Waals surface area (Å²) in [6.07, 6.45) is 2.95. The summed E-state index contributed by atoms with van der Waals surface area (Å²) < 4.78 is 0. The second kappa shape index (κ2) is 8.73. The van der Waals surface area contributed by atoms with Gasteiger partial charge in [0.25, 0.3) is 5.91 Å². The van der Waals surface area contributed by atoms with Crippen LogP contribution in [0.15, 0.2) is 42.6 Å². The second-order valence-corrected chi connectivity index (χ2v) is 8.01. The average Bonchev–Trinajstić information content (AvgIpc) is 2.77. The first kappa shape index (κ1) is 20.8. The predicted molar refractivity (Wildman–Crippen MR) is 116 cm³/mol. The van der Waals surface area contributed by atoms with Crippen LogP contribution >= 0.6 is 0 Å². The molecule has 2 atom stereocenters. The van der Waals surface area contributed by atoms with Crippen LogP contribution in [0.5, 0.6) is 0 Å². The van der Waals surface area contributed by atoms with Gasteiger partial charge in [0.2, 0.25) is 11.8 Å². The van der Waals surface area contributed by atoms with Crippen molar-refractivity contribution in [3.63, 3.8) is 0 Å². The van der Waals surface area contributed by atoms with E-state index in [0.717, 1.165) is 24.9 Å². The van der Waals surface area contributed by atoms with E-state index >= 15 is 0 Å². The molecule has 3 heterocycles. The van der Waals surface area contributed by atoms with Crippen LogP contribution in [0.1, 0.15) is 34.9 Å². The normalized spacial score (nSPS) is 21.2. The summed E-state index contributed by atoms with van der Waals surface area (Å²) in [6, 6.07) is 10.8. The summed E-state index contributed by atoms with van der Waals surface area (Å²) in [6.45, 7) is 1.51. The van der Waals surface area contributed by atoms with Crippen molar-refractivity contribution < 1.29 is 14.4 Å². The van der Waals surface area contributed by atoms with E-state index in [4.69, 9.17) is 5.73 Å². The molecule has 1 aromatic heterocycles. The molecule has 0 saturated carbocycles. The highest BCUT2D eigenvalue weighted by Crippen LogP contribution is 2.30. The van der Waals surface area contributed by atoms with Crippen LogP contribution in [0, 0.1) is 5.92 Å². The fourth-order valence-corrected chi connectivity index (χ4v) is 4.17. The standard InChI is InChI=1S/C22H26N6O3/c1-27-20(26-22(31)17-5-2-10-24-21(17)27)14-6-8-16(9-7-14)25-18(29)13-28-11-3-4-15(12-28)19(23)30/h2,5-10,15,20H,3-4,11-13H2,1H3,(H2,23,30)(H,25,29)(H,26,31)/t15-,20-/m1/s1. The molecule has 3 amide bonds. The Bertz CT molecular complexity index is 993. The molecule has 0 aliphatic carbocycles. The summed E-state index contributed by atoms with van der Waals surface area (Å²) in [5.41, 5.74) is 7.49. The fourth-order valence-electron chi connectivity index (χ4n) is 4.17. The van der Waals surface area contributed by atoms with Crippen molar-refractivity contribution in [3.05, 3.63) is 53.7 Å². The number of hydrogen-bond acceptors (Lipinski definition) is 6. The number of piperidine rings is 1. The molecule has 2 aromatic rings. The molecule has 31 heavy (non-hydrogen) atoms. The number of primary amides is 1. The number of likely N-dealkylation sites (tertiary alicyclic amines) is 1. The summed E-state index contributed by atoms with van der Waals surface area (Å²) in [4.78, 5) is 44.5. The van der Waals surface area contributed by atoms with Gasteiger partial charge in [0.15, 0.2) is 0 Å². The van der Waals surface area contributed by atoms with Crippen molar-refractivity contribution in [2.24, 2.45) is 11.7 Å². The summed E-state index contributed by atoms with van der Waals surface area (Å²) >= 11 is 0. The van der Waals surface area contributed by atoms with Gasteiger partial charge in [-0.15, -0.1) is 0 Å². The quantitative estimate of drug-likeness (QED) is 0.664. The highest BCUT2D eigenvalue weighted by molar-refractivity contribution is 6.01. The van der Waals surface area contributed by atoms with E-state index in [-0.39, 0.29) is 36.3 Å². The third kappa shape index (κ3) is 4.51. The third-order valence-corrected chi connectivity index (χ3v) is 5.81. The van der Waals surface area contributed by atoms with Crippen LogP contribution in [0.3, 0.4) is 0 Å². The van der Waals surface area contributed by atoms with Gasteiger partial charge < -0.3 is 21.3 Å². The van der Waals surface area contributed by atoms with E-state index in [2.05, 4.69) is 15.6 Å². The third-order valence-electron chi connectivity index (χ3n) is 5.81. The first-order valence-electron chi connectivity index (χ1n) is 10.3. The number of benzene rings is 1. The van der Waals surface area contributed by atoms with Gasteiger partial charge in [-0.05, 0) is 49.2 Å². The lowest BCUT2D eigenvalue weighted by molar-refractivity contribution is -0.125. The van der Waals surface area contributed by atoms with Crippen molar-refractivity contribution in [2.75, 3.05) is 36.9 Å². The number of pyridine rings is 1. The molecule has 2 aliphatic heterocycles. The van der Waals surface area contributed by atoms with Gasteiger partial charge in [-0.25, -0.2) is 4.98 Å². The summed E-state index contributed by atoms with van der Waals surface area (Å²) in [5.74, 6) is -0.177. The number of hydrogen-bond donors (Lipinski definition) is 3. The van der Waals surface area contributed by atoms with Gasteiger partial charge >= 0.3 is 0 Å². The Balaban J connectivity index is 1.38. The predicted octanol–water partition coefficient (Wildman–Crippen LogP) is 1.10. The summed E-state index contributed by atoms with van der Waals surface area (Å²) in [7, 11) is 1.88. The lowest BCUT2D eigenvalue weighted by Crippen LogP contribution is -2.45. The molecule has 1 saturated heterocycles. The van der Waals surface area contributed by atoms with Gasteiger partial charge in [-0.3, -0.25) is 19.3 Å². The maximum absolute atomic E-state index is 12.4. The van der Waals surface area contributed by atoms with Crippen molar-refractivity contribution in [3.8, 4) is 0 Å². The van der Waals surface area contributed by atoms with Gasteiger partial charge in [0.05, 0.1) is 18.0 Å². The SMILES string of the molecule is CN1c2ncccc2C(=O)N[C@H]1c1ccc(NC(=O)CN2CCC[C@@H](C(N)=O)C2)cc1. The number of carbonyl (C=O) groups excluding carboxylic acids is 3. The number of aromatic nitrogens is 1. The number of nitrogens with two attached hydrogens (primary N) is 1. The molecule has 0 spiro atoms. The van der Waals surface area contributed by atoms with Crippen LogP contribution in [-0.4, -0.2) is 54.3 Å². The Morgan fingerprint density at radius 3 is 2.77 bits per heavy atom. The molecule has 2 aliphatic rings. The minimum atomic E-state index is -0.348. The first-order chi connectivity index (χ1) is 14.9. The zero-order valence-corrected chi connectivity index (χ0v) is 17.4. The van der Waals surface area contributed by atoms with E-state index in [1.807, 2.05) is 41.1 Å². The Morgan fingerprint density at radius 2 is 2.03 bits per heavy atom. The first-order valence-corrected chi connectivity index (χ1v) is 10.3. The van der Waals surface area contributed by atoms with Crippen molar-refractivity contribution in [1.29, 1.82) is 0 Å². The number of fused-ring (bicyclic) bond motifs is 1. The molecule has 4 N–H and O–H groups in total. The van der Waals surface area contributed by atoms with E-state index in [0.29, 0.717) is 23.6 Å². The molecule has 1 fully saturated rings. The molecule has 162 valence electrons. The van der Waals surface area contributed by atoms with E-state index in [1.165, 1.54) is 0 Å². The molecule has 0 radical (unpaired) electrons. The molecule has 9 nitrogen and oxygen atoms in total. The highest BCUT2D eigenvalue weighted by Gasteiger charge is 2.30. The van der Waals surface area contributed by atoms with Crippen molar-refractivity contribution in [2.45, 2.75) is 19.0 Å². The second-order valence-electron chi connectivity index (χ2n) is 8.01. The Morgan fingerprint density at radius 1 is 1.26 bits per heavy atom. The number of nitrogens with zero attached hydrogens (tertiary/aromatic N) is 3. The molecule has 0 unspecified atom stereocenters. The van der Waals surface area contributed by atoms with E-state index < -0.39 is 0 Å². The maximum Gasteiger partial charge on any atom is 0.256 e. The Labute approximate surface area is 180 Å². The smallest absolute Gasteiger partial charge is 0.256 e. The van der Waals surface area contributed by atoms with Crippen molar-refractivity contribution in [1.82, 2.24) is 15.2 Å². The van der Waals surface area contributed by atoms with Crippen LogP contribution in [0.25, 0.3) is 0 Å². The lowest BCUT2D eigenvalue weighted by Gasteiger charge is -2.35. The zero-order valence-electron chi connectivity index (χ0n) is 17.4. The molecular weight excluding hydrogens is 396 g/mol. The van der Waals surface area contributed by atoms with Gasteiger partial charge in [0, 0.05) is 25.5 Å². The van der Waals surface area contributed by atoms with Crippen molar-refractivity contribution >= 4 is 29.2 Å². The number of carbonyl (C=O) groups is 3. The number of anilines is 2. The largest absolute Gasteiger partial charge is 0.369 e. The maximum atomic E-state index is 12.4. The topological polar surface area (TPSA) is 121 Å². The number of rotatable bonds is 5. The lowest BCUT2D eigenvalue weighted by atomic mass is 9.97. The van der Waals surface area contributed by atoms with E-state index in [9.17, 15) is 14.4 Å². The molecule has 9 heteroatoms. The summed E-state index contributed by atoms with van der Waals surface area (Å²) in [5, 5.41) is 5.87. The minimum absolute atomic E-state index is 0.140. The van der Waals surface area contributed by atoms with Crippen LogP contribution in [0.4, 0.5) is 11.5 Å².